The monoisotopic (exact) mass is 374 g/mol. The molecule has 1 saturated heterocycles. The number of likely N-dealkylation sites (N-methyl/N-ethyl adjacent to an activating group) is 1. The van der Waals surface area contributed by atoms with Crippen molar-refractivity contribution in [1.82, 2.24) is 19.4 Å². The highest BCUT2D eigenvalue weighted by atomic mass is 19.1. The highest BCUT2D eigenvalue weighted by molar-refractivity contribution is 5.94. The summed E-state index contributed by atoms with van der Waals surface area (Å²) in [5.41, 5.74) is 0.352. The number of amides is 1. The number of carbonyl (C=O) groups excluding carboxylic acids is 1. The molecule has 27 heavy (non-hydrogen) atoms. The first-order valence-corrected chi connectivity index (χ1v) is 9.28. The van der Waals surface area contributed by atoms with Crippen molar-refractivity contribution in [2.75, 3.05) is 40.8 Å². The number of nitrogens with zero attached hydrogens (tertiary/aromatic N) is 4. The van der Waals surface area contributed by atoms with E-state index in [4.69, 9.17) is 4.74 Å². The highest BCUT2D eigenvalue weighted by Gasteiger charge is 2.28. The van der Waals surface area contributed by atoms with Gasteiger partial charge < -0.3 is 19.1 Å². The summed E-state index contributed by atoms with van der Waals surface area (Å²) >= 11 is 0. The maximum absolute atomic E-state index is 14.0. The number of imidazole rings is 1. The van der Waals surface area contributed by atoms with Gasteiger partial charge in [-0.15, -0.1) is 0 Å². The molecule has 6 nitrogen and oxygen atoms in total. The average Bonchev–Trinajstić information content (AvgIpc) is 3.14. The molecule has 1 aromatic heterocycles. The lowest BCUT2D eigenvalue weighted by molar-refractivity contribution is 0.0702. The molecule has 0 N–H and O–H groups in total. The molecule has 0 bridgehead atoms. The molecule has 1 fully saturated rings. The van der Waals surface area contributed by atoms with Crippen LogP contribution >= 0.6 is 0 Å². The molecule has 3 rings (SSSR count). The van der Waals surface area contributed by atoms with Gasteiger partial charge in [0.05, 0.1) is 7.11 Å². The summed E-state index contributed by atoms with van der Waals surface area (Å²) in [5, 5.41) is 0. The molecule has 1 aliphatic rings. The molecule has 1 unspecified atom stereocenters. The number of benzene rings is 1. The van der Waals surface area contributed by atoms with E-state index in [1.165, 1.54) is 19.2 Å². The average molecular weight is 374 g/mol. The molecule has 1 amide bonds. The summed E-state index contributed by atoms with van der Waals surface area (Å²) in [7, 11) is 5.50. The van der Waals surface area contributed by atoms with Crippen molar-refractivity contribution in [1.29, 1.82) is 0 Å². The van der Waals surface area contributed by atoms with Crippen LogP contribution in [-0.2, 0) is 6.54 Å². The van der Waals surface area contributed by atoms with Crippen molar-refractivity contribution < 1.29 is 13.9 Å². The van der Waals surface area contributed by atoms with E-state index in [9.17, 15) is 9.18 Å². The number of piperidine rings is 1. The fourth-order valence-electron chi connectivity index (χ4n) is 3.53. The van der Waals surface area contributed by atoms with Crippen LogP contribution in [0.25, 0.3) is 0 Å². The van der Waals surface area contributed by atoms with Crippen molar-refractivity contribution in [2.45, 2.75) is 25.3 Å². The Balaban J connectivity index is 1.72. The van der Waals surface area contributed by atoms with E-state index in [0.29, 0.717) is 18.7 Å². The molecule has 1 aliphatic heterocycles. The SMILES string of the molecule is COc1ccc(C(=O)N2CCCC(c3nccn3CCN(C)C)C2)cc1F. The van der Waals surface area contributed by atoms with E-state index in [2.05, 4.69) is 14.5 Å². The second kappa shape index (κ2) is 8.52. The van der Waals surface area contributed by atoms with Gasteiger partial charge in [0, 0.05) is 50.1 Å². The summed E-state index contributed by atoms with van der Waals surface area (Å²) in [6.45, 7) is 3.09. The first-order chi connectivity index (χ1) is 13.0. The number of hydrogen-bond acceptors (Lipinski definition) is 4. The minimum absolute atomic E-state index is 0.144. The Hall–Kier alpha value is -2.41. The molecule has 0 spiro atoms. The van der Waals surface area contributed by atoms with E-state index in [1.54, 1.807) is 11.0 Å². The molecule has 0 saturated carbocycles. The Labute approximate surface area is 159 Å². The van der Waals surface area contributed by atoms with Crippen molar-refractivity contribution in [3.63, 3.8) is 0 Å². The molecule has 2 heterocycles. The van der Waals surface area contributed by atoms with Gasteiger partial charge in [-0.05, 0) is 45.1 Å². The van der Waals surface area contributed by atoms with Crippen LogP contribution in [0.4, 0.5) is 4.39 Å². The van der Waals surface area contributed by atoms with Gasteiger partial charge in [-0.2, -0.15) is 0 Å². The smallest absolute Gasteiger partial charge is 0.253 e. The zero-order valence-electron chi connectivity index (χ0n) is 16.2. The Morgan fingerprint density at radius 3 is 2.93 bits per heavy atom. The fourth-order valence-corrected chi connectivity index (χ4v) is 3.53. The molecule has 0 radical (unpaired) electrons. The van der Waals surface area contributed by atoms with E-state index in [-0.39, 0.29) is 17.6 Å². The Morgan fingerprint density at radius 1 is 1.41 bits per heavy atom. The standard InChI is InChI=1S/C20H27FN4O2/c1-23(2)11-12-24-10-8-22-19(24)16-5-4-9-25(14-16)20(26)15-6-7-18(27-3)17(21)13-15/h6-8,10,13,16H,4-5,9,11-12,14H2,1-3H3. The largest absolute Gasteiger partial charge is 0.494 e. The van der Waals surface area contributed by atoms with Crippen molar-refractivity contribution in [3.05, 3.63) is 47.8 Å². The number of hydrogen-bond donors (Lipinski definition) is 0. The summed E-state index contributed by atoms with van der Waals surface area (Å²) in [6, 6.07) is 4.37. The quantitative estimate of drug-likeness (QED) is 0.780. The summed E-state index contributed by atoms with van der Waals surface area (Å²) in [4.78, 5) is 21.3. The van der Waals surface area contributed by atoms with Crippen LogP contribution in [0.1, 0.15) is 34.9 Å². The van der Waals surface area contributed by atoms with Crippen molar-refractivity contribution >= 4 is 5.91 Å². The van der Waals surface area contributed by atoms with Crippen LogP contribution in [0, 0.1) is 5.82 Å². The first kappa shape index (κ1) is 19.4. The third kappa shape index (κ3) is 4.47. The van der Waals surface area contributed by atoms with Crippen LogP contribution in [-0.4, -0.2) is 66.1 Å². The van der Waals surface area contributed by atoms with Crippen LogP contribution in [0.3, 0.4) is 0 Å². The lowest BCUT2D eigenvalue weighted by Gasteiger charge is -2.33. The van der Waals surface area contributed by atoms with Crippen LogP contribution < -0.4 is 4.74 Å². The molecule has 7 heteroatoms. The minimum atomic E-state index is -0.517. The molecule has 1 atom stereocenters. The molecule has 0 aliphatic carbocycles. The predicted octanol–water partition coefficient (Wildman–Crippen LogP) is 2.61. The number of methoxy groups -OCH3 is 1. The first-order valence-electron chi connectivity index (χ1n) is 9.28. The van der Waals surface area contributed by atoms with Gasteiger partial charge in [0.25, 0.3) is 5.91 Å². The van der Waals surface area contributed by atoms with Crippen LogP contribution in [0.2, 0.25) is 0 Å². The fraction of sp³-hybridized carbons (Fsp3) is 0.500. The van der Waals surface area contributed by atoms with Gasteiger partial charge in [-0.25, -0.2) is 9.37 Å². The van der Waals surface area contributed by atoms with E-state index in [0.717, 1.165) is 31.8 Å². The highest BCUT2D eigenvalue weighted by Crippen LogP contribution is 2.27. The summed E-state index contributed by atoms with van der Waals surface area (Å²) in [6.07, 6.45) is 5.73. The van der Waals surface area contributed by atoms with Gasteiger partial charge in [0.2, 0.25) is 0 Å². The number of rotatable bonds is 6. The zero-order chi connectivity index (χ0) is 19.4. The number of likely N-dealkylation sites (tertiary alicyclic amines) is 1. The number of halogens is 1. The molecular formula is C20H27FN4O2. The normalized spacial score (nSPS) is 17.4. The number of ether oxygens (including phenoxy) is 1. The number of aromatic nitrogens is 2. The maximum Gasteiger partial charge on any atom is 0.253 e. The van der Waals surface area contributed by atoms with Gasteiger partial charge in [0.15, 0.2) is 11.6 Å². The molecular weight excluding hydrogens is 347 g/mol. The lowest BCUT2D eigenvalue weighted by atomic mass is 9.96. The van der Waals surface area contributed by atoms with Gasteiger partial charge in [-0.3, -0.25) is 4.79 Å². The second-order valence-electron chi connectivity index (χ2n) is 7.22. The number of carbonyl (C=O) groups is 1. The maximum atomic E-state index is 14.0. The Morgan fingerprint density at radius 2 is 2.22 bits per heavy atom. The topological polar surface area (TPSA) is 50.6 Å². The van der Waals surface area contributed by atoms with Crippen LogP contribution in [0.15, 0.2) is 30.6 Å². The van der Waals surface area contributed by atoms with Crippen molar-refractivity contribution in [2.24, 2.45) is 0 Å². The van der Waals surface area contributed by atoms with Gasteiger partial charge in [0.1, 0.15) is 5.82 Å². The van der Waals surface area contributed by atoms with E-state index in [1.807, 2.05) is 26.5 Å². The van der Waals surface area contributed by atoms with Crippen LogP contribution in [0.5, 0.6) is 5.75 Å². The van der Waals surface area contributed by atoms with Crippen molar-refractivity contribution in [3.8, 4) is 5.75 Å². The van der Waals surface area contributed by atoms with Gasteiger partial charge >= 0.3 is 0 Å². The molecule has 1 aromatic carbocycles. The molecule has 146 valence electrons. The molecule has 2 aromatic rings. The minimum Gasteiger partial charge on any atom is -0.494 e. The second-order valence-corrected chi connectivity index (χ2v) is 7.22. The third-order valence-corrected chi connectivity index (χ3v) is 5.01. The Kier molecular flexibility index (Phi) is 6.11. The third-order valence-electron chi connectivity index (χ3n) is 5.01. The summed E-state index contributed by atoms with van der Waals surface area (Å²) < 4.78 is 21.1. The lowest BCUT2D eigenvalue weighted by Crippen LogP contribution is -2.40. The van der Waals surface area contributed by atoms with E-state index >= 15 is 0 Å². The zero-order valence-corrected chi connectivity index (χ0v) is 16.2. The Bertz CT molecular complexity index is 790. The van der Waals surface area contributed by atoms with E-state index < -0.39 is 5.82 Å². The predicted molar refractivity (Wildman–Crippen MR) is 102 cm³/mol. The van der Waals surface area contributed by atoms with Gasteiger partial charge in [-0.1, -0.05) is 0 Å². The summed E-state index contributed by atoms with van der Waals surface area (Å²) in [5.74, 6) is 0.702.